The lowest BCUT2D eigenvalue weighted by Crippen LogP contribution is -2.55. The Morgan fingerprint density at radius 1 is 1.17 bits per heavy atom. The highest BCUT2D eigenvalue weighted by Crippen LogP contribution is 2.37. The lowest BCUT2D eigenvalue weighted by atomic mass is 9.94. The van der Waals surface area contributed by atoms with Crippen molar-refractivity contribution >= 4 is 38.1 Å². The summed E-state index contributed by atoms with van der Waals surface area (Å²) >= 11 is 1.67. The molecule has 4 heterocycles. The third-order valence-corrected chi connectivity index (χ3v) is 7.35. The fraction of sp³-hybridized carbons (Fsp3) is 0.375. The van der Waals surface area contributed by atoms with E-state index in [2.05, 4.69) is 56.3 Å². The van der Waals surface area contributed by atoms with Crippen molar-refractivity contribution in [3.63, 3.8) is 0 Å². The number of anilines is 1. The minimum atomic E-state index is 0.591. The van der Waals surface area contributed by atoms with Gasteiger partial charge in [-0.25, -0.2) is 4.98 Å². The van der Waals surface area contributed by atoms with Crippen molar-refractivity contribution in [1.29, 1.82) is 0 Å². The summed E-state index contributed by atoms with van der Waals surface area (Å²) in [6.45, 7) is 5.35. The zero-order chi connectivity index (χ0) is 19.9. The summed E-state index contributed by atoms with van der Waals surface area (Å²) in [6.07, 6.45) is 5.62. The minimum Gasteiger partial charge on any atom is -0.494 e. The number of hydrogen-bond donors (Lipinski definition) is 1. The van der Waals surface area contributed by atoms with E-state index in [9.17, 15) is 0 Å². The maximum absolute atomic E-state index is 5.96. The number of fused-ring (bicyclic) bond motifs is 3. The van der Waals surface area contributed by atoms with Crippen LogP contribution in [0.1, 0.15) is 18.4 Å². The molecule has 5 nitrogen and oxygen atoms in total. The van der Waals surface area contributed by atoms with Gasteiger partial charge in [0.05, 0.1) is 22.3 Å². The largest absolute Gasteiger partial charge is 0.494 e. The Kier molecular flexibility index (Phi) is 4.61. The van der Waals surface area contributed by atoms with Gasteiger partial charge < -0.3 is 14.6 Å². The van der Waals surface area contributed by atoms with E-state index >= 15 is 0 Å². The quantitative estimate of drug-likeness (QED) is 0.462. The molecule has 1 unspecified atom stereocenters. The van der Waals surface area contributed by atoms with Gasteiger partial charge in [0.2, 0.25) is 0 Å². The van der Waals surface area contributed by atoms with Crippen molar-refractivity contribution in [2.45, 2.75) is 25.3 Å². The lowest BCUT2D eigenvalue weighted by Gasteiger charge is -2.45. The Bertz CT molecular complexity index is 1180. The fourth-order valence-corrected chi connectivity index (χ4v) is 5.72. The predicted molar refractivity (Wildman–Crippen MR) is 124 cm³/mol. The minimum absolute atomic E-state index is 0.591. The monoisotopic (exact) mass is 418 g/mol. The van der Waals surface area contributed by atoms with Gasteiger partial charge >= 0.3 is 0 Å². The van der Waals surface area contributed by atoms with Crippen LogP contribution in [0.3, 0.4) is 0 Å². The Morgan fingerprint density at radius 3 is 3.17 bits per heavy atom. The van der Waals surface area contributed by atoms with E-state index < -0.39 is 0 Å². The molecule has 1 fully saturated rings. The normalized spacial score (nSPS) is 18.8. The molecule has 154 valence electrons. The second-order valence-electron chi connectivity index (χ2n) is 8.40. The lowest BCUT2D eigenvalue weighted by molar-refractivity contribution is 0.209. The van der Waals surface area contributed by atoms with Crippen LogP contribution in [-0.4, -0.2) is 53.7 Å². The van der Waals surface area contributed by atoms with Crippen LogP contribution in [0.25, 0.3) is 21.1 Å². The van der Waals surface area contributed by atoms with Crippen LogP contribution in [0.5, 0.6) is 5.75 Å². The van der Waals surface area contributed by atoms with Gasteiger partial charge in [-0.15, -0.1) is 11.3 Å². The molecule has 1 saturated heterocycles. The third kappa shape index (κ3) is 3.24. The zero-order valence-corrected chi connectivity index (χ0v) is 17.8. The molecular weight excluding hydrogens is 392 g/mol. The number of benzene rings is 2. The van der Waals surface area contributed by atoms with Gasteiger partial charge in [0.25, 0.3) is 0 Å². The summed E-state index contributed by atoms with van der Waals surface area (Å²) in [5, 5.41) is 1.44. The first-order valence-electron chi connectivity index (χ1n) is 10.9. The topological polar surface area (TPSA) is 44.4 Å². The van der Waals surface area contributed by atoms with Crippen LogP contribution in [0.15, 0.2) is 48.1 Å². The number of nitrogens with one attached hydrogen (secondary N) is 1. The van der Waals surface area contributed by atoms with E-state index in [0.717, 1.165) is 56.9 Å². The van der Waals surface area contributed by atoms with Crippen molar-refractivity contribution in [3.8, 4) is 5.75 Å². The molecule has 6 heteroatoms. The Balaban J connectivity index is 1.00. The summed E-state index contributed by atoms with van der Waals surface area (Å²) < 4.78 is 7.17. The summed E-state index contributed by atoms with van der Waals surface area (Å²) in [5.41, 5.74) is 7.10. The first-order valence-corrected chi connectivity index (χ1v) is 11.8. The van der Waals surface area contributed by atoms with E-state index in [0.29, 0.717) is 6.04 Å². The Labute approximate surface area is 180 Å². The van der Waals surface area contributed by atoms with Gasteiger partial charge in [0.1, 0.15) is 5.75 Å². The number of rotatable bonds is 6. The number of thiazole rings is 1. The van der Waals surface area contributed by atoms with Crippen LogP contribution in [-0.2, 0) is 6.42 Å². The summed E-state index contributed by atoms with van der Waals surface area (Å²) in [6, 6.07) is 13.5. The summed E-state index contributed by atoms with van der Waals surface area (Å²) in [7, 11) is 0. The molecule has 1 atom stereocenters. The first-order chi connectivity index (χ1) is 14.8. The number of aromatic amines is 1. The predicted octanol–water partition coefficient (Wildman–Crippen LogP) is 4.68. The maximum Gasteiger partial charge on any atom is 0.121 e. The molecule has 0 amide bonds. The molecule has 2 aromatic heterocycles. The Hall–Kier alpha value is -2.57. The highest BCUT2D eigenvalue weighted by atomic mass is 32.1. The number of hydrogen-bond acceptors (Lipinski definition) is 5. The van der Waals surface area contributed by atoms with E-state index in [1.807, 2.05) is 11.6 Å². The molecule has 4 aromatic rings. The molecule has 2 aromatic carbocycles. The average Bonchev–Trinajstić information content (AvgIpc) is 3.41. The van der Waals surface area contributed by atoms with Gasteiger partial charge in [-0.2, -0.15) is 0 Å². The van der Waals surface area contributed by atoms with Crippen molar-refractivity contribution in [3.05, 3.63) is 53.7 Å². The molecule has 0 radical (unpaired) electrons. The van der Waals surface area contributed by atoms with Crippen molar-refractivity contribution in [2.24, 2.45) is 0 Å². The molecule has 0 bridgehead atoms. The summed E-state index contributed by atoms with van der Waals surface area (Å²) in [4.78, 5) is 13.1. The standard InChI is InChI=1S/C24H26N4OS/c1(2-11-29-19-6-7-23-21(13-19)26-16-30-23)8-27-9-10-28-18(15-27)12-17-14-25-20-4-3-5-22(28)24(17)20/h3-7,13-14,16,18,25H,1-2,8-12,15H2. The second kappa shape index (κ2) is 7.60. The number of ether oxygens (including phenoxy) is 1. The second-order valence-corrected chi connectivity index (χ2v) is 9.29. The van der Waals surface area contributed by atoms with Gasteiger partial charge in [0.15, 0.2) is 0 Å². The smallest absolute Gasteiger partial charge is 0.121 e. The van der Waals surface area contributed by atoms with E-state index in [4.69, 9.17) is 4.74 Å². The van der Waals surface area contributed by atoms with Crippen molar-refractivity contribution in [1.82, 2.24) is 14.9 Å². The number of aromatic nitrogens is 2. The van der Waals surface area contributed by atoms with Gasteiger partial charge in [0, 0.05) is 54.5 Å². The molecule has 30 heavy (non-hydrogen) atoms. The molecule has 2 aliphatic rings. The number of unbranched alkanes of at least 4 members (excludes halogenated alkanes) is 1. The number of piperazine rings is 1. The summed E-state index contributed by atoms with van der Waals surface area (Å²) in [5.74, 6) is 0.931. The maximum atomic E-state index is 5.96. The van der Waals surface area contributed by atoms with Crippen LogP contribution in [0, 0.1) is 0 Å². The van der Waals surface area contributed by atoms with Crippen LogP contribution in [0.4, 0.5) is 5.69 Å². The Morgan fingerprint density at radius 2 is 2.17 bits per heavy atom. The molecular formula is C24H26N4OS. The van der Waals surface area contributed by atoms with Crippen LogP contribution >= 0.6 is 11.3 Å². The number of nitrogens with zero attached hydrogens (tertiary/aromatic N) is 3. The zero-order valence-electron chi connectivity index (χ0n) is 17.0. The first kappa shape index (κ1) is 18.2. The highest BCUT2D eigenvalue weighted by Gasteiger charge is 2.32. The number of H-pyrrole nitrogens is 1. The van der Waals surface area contributed by atoms with Crippen molar-refractivity contribution in [2.75, 3.05) is 37.7 Å². The average molecular weight is 419 g/mol. The van der Waals surface area contributed by atoms with Crippen molar-refractivity contribution < 1.29 is 4.74 Å². The third-order valence-electron chi connectivity index (χ3n) is 6.54. The van der Waals surface area contributed by atoms with Gasteiger partial charge in [-0.05, 0) is 55.6 Å². The molecule has 0 aliphatic carbocycles. The van der Waals surface area contributed by atoms with Gasteiger partial charge in [-0.3, -0.25) is 4.90 Å². The van der Waals surface area contributed by atoms with E-state index in [-0.39, 0.29) is 0 Å². The fourth-order valence-electron chi connectivity index (χ4n) is 5.06. The molecule has 2 aliphatic heterocycles. The van der Waals surface area contributed by atoms with Crippen LogP contribution < -0.4 is 9.64 Å². The van der Waals surface area contributed by atoms with Gasteiger partial charge in [-0.1, -0.05) is 6.07 Å². The molecule has 1 N–H and O–H groups in total. The van der Waals surface area contributed by atoms with E-state index in [1.165, 1.54) is 33.3 Å². The molecule has 0 spiro atoms. The SMILES string of the molecule is c1cc2c3c(c[nH]c3c1)CC1CN(CCCCOc3ccc4scnc4c3)CCN21. The molecule has 6 rings (SSSR count). The highest BCUT2D eigenvalue weighted by molar-refractivity contribution is 7.16. The van der Waals surface area contributed by atoms with Crippen LogP contribution in [0.2, 0.25) is 0 Å². The van der Waals surface area contributed by atoms with E-state index in [1.54, 1.807) is 11.3 Å². The molecule has 0 saturated carbocycles.